The van der Waals surface area contributed by atoms with Gasteiger partial charge in [-0.15, -0.1) is 0 Å². The van der Waals surface area contributed by atoms with E-state index in [2.05, 4.69) is 11.0 Å². The molecule has 0 saturated carbocycles. The van der Waals surface area contributed by atoms with E-state index < -0.39 is 11.9 Å². The summed E-state index contributed by atoms with van der Waals surface area (Å²) in [5.74, 6) is -1.15. The third-order valence-corrected chi connectivity index (χ3v) is 3.36. The maximum absolute atomic E-state index is 11.2. The Balaban J connectivity index is 2.20. The number of carboxylic acids is 1. The summed E-state index contributed by atoms with van der Waals surface area (Å²) in [6, 6.07) is 9.81. The van der Waals surface area contributed by atoms with Crippen molar-refractivity contribution in [2.75, 3.05) is 18.0 Å². The highest BCUT2D eigenvalue weighted by atomic mass is 16.4. The second-order valence-corrected chi connectivity index (χ2v) is 4.49. The molecule has 2 rings (SSSR count). The molecule has 4 heteroatoms. The Morgan fingerprint density at radius 1 is 1.50 bits per heavy atom. The topological polar surface area (TPSA) is 64.3 Å². The highest BCUT2D eigenvalue weighted by molar-refractivity contribution is 5.80. The molecule has 0 bridgehead atoms. The average molecular weight is 244 g/mol. The monoisotopic (exact) mass is 244 g/mol. The summed E-state index contributed by atoms with van der Waals surface area (Å²) in [6.45, 7) is 1.57. The highest BCUT2D eigenvalue weighted by Gasteiger charge is 2.29. The van der Waals surface area contributed by atoms with Gasteiger partial charge >= 0.3 is 5.97 Å². The molecule has 1 heterocycles. The summed E-state index contributed by atoms with van der Waals surface area (Å²) >= 11 is 0. The Kier molecular flexibility index (Phi) is 3.83. The zero-order valence-electron chi connectivity index (χ0n) is 10.2. The van der Waals surface area contributed by atoms with Crippen LogP contribution in [0.25, 0.3) is 0 Å². The lowest BCUT2D eigenvalue weighted by Gasteiger charge is -2.34. The molecule has 1 atom stereocenters. The van der Waals surface area contributed by atoms with Gasteiger partial charge in [0.2, 0.25) is 0 Å². The van der Waals surface area contributed by atoms with Crippen LogP contribution in [0.3, 0.4) is 0 Å². The number of nitrogens with zero attached hydrogens (tertiary/aromatic N) is 2. The fraction of sp³-hybridized carbons (Fsp3) is 0.429. The fourth-order valence-corrected chi connectivity index (χ4v) is 2.47. The van der Waals surface area contributed by atoms with Crippen LogP contribution >= 0.6 is 0 Å². The number of rotatable bonds is 4. The van der Waals surface area contributed by atoms with Crippen LogP contribution in [0.15, 0.2) is 24.3 Å². The van der Waals surface area contributed by atoms with E-state index in [0.717, 1.165) is 30.8 Å². The average Bonchev–Trinajstić information content (AvgIpc) is 2.38. The van der Waals surface area contributed by atoms with Crippen molar-refractivity contribution in [3.8, 4) is 6.07 Å². The molecule has 94 valence electrons. The van der Waals surface area contributed by atoms with Gasteiger partial charge in [-0.2, -0.15) is 5.26 Å². The van der Waals surface area contributed by atoms with Crippen LogP contribution in [0.2, 0.25) is 0 Å². The van der Waals surface area contributed by atoms with Gasteiger partial charge in [-0.25, -0.2) is 0 Å². The molecule has 0 fully saturated rings. The van der Waals surface area contributed by atoms with Gasteiger partial charge in [0.25, 0.3) is 0 Å². The summed E-state index contributed by atoms with van der Waals surface area (Å²) in [7, 11) is 0. The molecule has 0 aliphatic carbocycles. The minimum Gasteiger partial charge on any atom is -0.481 e. The van der Waals surface area contributed by atoms with Crippen molar-refractivity contribution in [2.24, 2.45) is 0 Å². The van der Waals surface area contributed by atoms with E-state index in [-0.39, 0.29) is 0 Å². The zero-order valence-corrected chi connectivity index (χ0v) is 10.2. The number of benzene rings is 1. The van der Waals surface area contributed by atoms with Crippen molar-refractivity contribution in [3.05, 3.63) is 29.8 Å². The van der Waals surface area contributed by atoms with Gasteiger partial charge in [0.15, 0.2) is 0 Å². The van der Waals surface area contributed by atoms with Crippen molar-refractivity contribution in [1.82, 2.24) is 0 Å². The van der Waals surface area contributed by atoms with E-state index in [0.29, 0.717) is 12.8 Å². The molecule has 0 radical (unpaired) electrons. The Hall–Kier alpha value is -2.02. The number of hydrogen-bond donors (Lipinski definition) is 1. The molecule has 1 aromatic carbocycles. The van der Waals surface area contributed by atoms with E-state index in [4.69, 9.17) is 5.26 Å². The third kappa shape index (κ3) is 2.45. The van der Waals surface area contributed by atoms with Gasteiger partial charge in [0, 0.05) is 25.2 Å². The molecule has 1 aromatic rings. The van der Waals surface area contributed by atoms with Gasteiger partial charge < -0.3 is 10.0 Å². The maximum Gasteiger partial charge on any atom is 0.311 e. The first kappa shape index (κ1) is 12.4. The van der Waals surface area contributed by atoms with Crippen LogP contribution < -0.4 is 4.90 Å². The van der Waals surface area contributed by atoms with Crippen molar-refractivity contribution in [3.63, 3.8) is 0 Å². The van der Waals surface area contributed by atoms with Crippen LogP contribution in [-0.2, 0) is 4.79 Å². The number of anilines is 1. The van der Waals surface area contributed by atoms with Crippen LogP contribution in [0, 0.1) is 11.3 Å². The molecule has 0 spiro atoms. The Morgan fingerprint density at radius 3 is 3.00 bits per heavy atom. The number of nitriles is 1. The minimum atomic E-state index is -0.751. The first-order valence-electron chi connectivity index (χ1n) is 6.17. The Morgan fingerprint density at radius 2 is 2.28 bits per heavy atom. The first-order chi connectivity index (χ1) is 8.74. The molecule has 1 N–H and O–H groups in total. The number of hydrogen-bond acceptors (Lipinski definition) is 3. The Bertz CT molecular complexity index is 479. The van der Waals surface area contributed by atoms with Crippen LogP contribution in [-0.4, -0.2) is 24.2 Å². The molecule has 1 aliphatic rings. The van der Waals surface area contributed by atoms with E-state index in [9.17, 15) is 9.90 Å². The summed E-state index contributed by atoms with van der Waals surface area (Å²) in [6.07, 6.45) is 2.00. The lowest BCUT2D eigenvalue weighted by molar-refractivity contribution is -0.139. The molecule has 4 nitrogen and oxygen atoms in total. The van der Waals surface area contributed by atoms with E-state index in [1.165, 1.54) is 0 Å². The normalized spacial score (nSPS) is 17.9. The number of para-hydroxylation sites is 1. The number of carboxylic acid groups (broad SMARTS) is 1. The lowest BCUT2D eigenvalue weighted by atomic mass is 9.90. The van der Waals surface area contributed by atoms with Gasteiger partial charge in [-0.3, -0.25) is 4.79 Å². The van der Waals surface area contributed by atoms with E-state index >= 15 is 0 Å². The second-order valence-electron chi connectivity index (χ2n) is 4.49. The zero-order chi connectivity index (χ0) is 13.0. The number of carbonyl (C=O) groups is 1. The number of fused-ring (bicyclic) bond motifs is 1. The second kappa shape index (κ2) is 5.54. The van der Waals surface area contributed by atoms with Crippen molar-refractivity contribution in [1.29, 1.82) is 5.26 Å². The van der Waals surface area contributed by atoms with E-state index in [1.54, 1.807) is 0 Å². The molecule has 18 heavy (non-hydrogen) atoms. The van der Waals surface area contributed by atoms with Gasteiger partial charge in [-0.1, -0.05) is 18.2 Å². The van der Waals surface area contributed by atoms with Crippen LogP contribution in [0.4, 0.5) is 5.69 Å². The van der Waals surface area contributed by atoms with Gasteiger partial charge in [0.05, 0.1) is 12.0 Å². The summed E-state index contributed by atoms with van der Waals surface area (Å²) in [5, 5.41) is 17.8. The molecule has 0 saturated heterocycles. The van der Waals surface area contributed by atoms with Crippen LogP contribution in [0.1, 0.15) is 30.7 Å². The van der Waals surface area contributed by atoms with Crippen molar-refractivity contribution in [2.45, 2.75) is 25.2 Å². The third-order valence-electron chi connectivity index (χ3n) is 3.36. The van der Waals surface area contributed by atoms with E-state index in [1.807, 2.05) is 24.3 Å². The highest BCUT2D eigenvalue weighted by Crippen LogP contribution is 2.35. The minimum absolute atomic E-state index is 0.395. The number of aliphatic carboxylic acids is 1. The molecule has 1 unspecified atom stereocenters. The predicted molar refractivity (Wildman–Crippen MR) is 68.5 cm³/mol. The predicted octanol–water partition coefficient (Wildman–Crippen LogP) is 2.37. The van der Waals surface area contributed by atoms with Gasteiger partial charge in [-0.05, 0) is 24.5 Å². The number of unbranched alkanes of at least 4 members (excludes halogenated alkanes) is 1. The standard InChI is InChI=1S/C14H16N2O2/c15-8-3-4-9-16-10-7-12(14(17)18)11-5-1-2-6-13(11)16/h1-2,5-6,12H,3-4,7,9-10H2,(H,17,18). The largest absolute Gasteiger partial charge is 0.481 e. The molecule has 0 amide bonds. The summed E-state index contributed by atoms with van der Waals surface area (Å²) in [4.78, 5) is 13.4. The smallest absolute Gasteiger partial charge is 0.311 e. The molecular formula is C14H16N2O2. The summed E-state index contributed by atoms with van der Waals surface area (Å²) < 4.78 is 0. The first-order valence-corrected chi connectivity index (χ1v) is 6.17. The molecule has 1 aliphatic heterocycles. The summed E-state index contributed by atoms with van der Waals surface area (Å²) in [5.41, 5.74) is 1.90. The lowest BCUT2D eigenvalue weighted by Crippen LogP contribution is -2.34. The molecule has 0 aromatic heterocycles. The quantitative estimate of drug-likeness (QED) is 0.826. The Labute approximate surface area is 106 Å². The van der Waals surface area contributed by atoms with Crippen molar-refractivity contribution < 1.29 is 9.90 Å². The SMILES string of the molecule is N#CCCCN1CCC(C(=O)O)c2ccccc21. The van der Waals surface area contributed by atoms with Crippen molar-refractivity contribution >= 4 is 11.7 Å². The molecular weight excluding hydrogens is 228 g/mol. The van der Waals surface area contributed by atoms with Crippen LogP contribution in [0.5, 0.6) is 0 Å². The maximum atomic E-state index is 11.2. The fourth-order valence-electron chi connectivity index (χ4n) is 2.47. The van der Waals surface area contributed by atoms with Gasteiger partial charge in [0.1, 0.15) is 0 Å².